The second-order valence-electron chi connectivity index (χ2n) is 10.1. The molecule has 194 valence electrons. The zero-order valence-electron chi connectivity index (χ0n) is 20.3. The van der Waals surface area contributed by atoms with Crippen LogP contribution in [0.2, 0.25) is 0 Å². The van der Waals surface area contributed by atoms with E-state index in [0.29, 0.717) is 12.8 Å². The number of ether oxygens (including phenoxy) is 1. The van der Waals surface area contributed by atoms with E-state index in [9.17, 15) is 9.13 Å². The van der Waals surface area contributed by atoms with Gasteiger partial charge in [0.05, 0.1) is 13.2 Å². The normalized spacial score (nSPS) is 13.6. The molecule has 9 nitrogen and oxygen atoms in total. The van der Waals surface area contributed by atoms with E-state index >= 15 is 0 Å². The van der Waals surface area contributed by atoms with Gasteiger partial charge in [0.25, 0.3) is 0 Å². The Kier molecular flexibility index (Phi) is 16.1. The van der Waals surface area contributed by atoms with Crippen LogP contribution in [0.3, 0.4) is 0 Å². The average Bonchev–Trinajstić information content (AvgIpc) is 2.62. The van der Waals surface area contributed by atoms with Crippen molar-refractivity contribution in [2.75, 3.05) is 26.4 Å². The summed E-state index contributed by atoms with van der Waals surface area (Å²) < 4.78 is 36.0. The van der Waals surface area contributed by atoms with E-state index in [1.165, 1.54) is 0 Å². The van der Waals surface area contributed by atoms with Gasteiger partial charge in [0, 0.05) is 13.2 Å². The van der Waals surface area contributed by atoms with Gasteiger partial charge < -0.3 is 24.3 Å². The number of hydrogen-bond acceptors (Lipinski definition) is 5. The highest BCUT2D eigenvalue weighted by Crippen LogP contribution is 2.37. The van der Waals surface area contributed by atoms with Crippen molar-refractivity contribution in [2.24, 2.45) is 10.8 Å². The second kappa shape index (κ2) is 16.0. The largest absolute Gasteiger partial charge is 0.469 e. The van der Waals surface area contributed by atoms with Crippen LogP contribution in [0.1, 0.15) is 98.3 Å². The molecule has 0 bridgehead atoms. The SMILES string of the molecule is CC(C)(CCCCOCCCCC(C)(C)CCCOP(=O)(O)O)CCCCOP(=O)(O)O. The minimum Gasteiger partial charge on any atom is -0.381 e. The average molecular weight is 505 g/mol. The fourth-order valence-corrected chi connectivity index (χ4v) is 4.32. The fourth-order valence-electron chi connectivity index (χ4n) is 3.59. The van der Waals surface area contributed by atoms with Gasteiger partial charge in [-0.2, -0.15) is 0 Å². The lowest BCUT2D eigenvalue weighted by molar-refractivity contribution is 0.118. The van der Waals surface area contributed by atoms with E-state index in [1.54, 1.807) is 0 Å². The lowest BCUT2D eigenvalue weighted by Crippen LogP contribution is -2.13. The van der Waals surface area contributed by atoms with Crippen LogP contribution in [-0.4, -0.2) is 46.0 Å². The van der Waals surface area contributed by atoms with E-state index < -0.39 is 15.6 Å². The van der Waals surface area contributed by atoms with Crippen molar-refractivity contribution < 1.29 is 42.5 Å². The maximum Gasteiger partial charge on any atom is 0.469 e. The summed E-state index contributed by atoms with van der Waals surface area (Å²) in [6.45, 7) is 10.5. The first kappa shape index (κ1) is 32.2. The quantitative estimate of drug-likeness (QED) is 0.117. The molecule has 0 spiro atoms. The van der Waals surface area contributed by atoms with Gasteiger partial charge in [0.2, 0.25) is 0 Å². The van der Waals surface area contributed by atoms with Crippen LogP contribution in [0.15, 0.2) is 0 Å². The second-order valence-corrected chi connectivity index (χ2v) is 12.5. The molecule has 32 heavy (non-hydrogen) atoms. The van der Waals surface area contributed by atoms with Crippen molar-refractivity contribution in [1.82, 2.24) is 0 Å². The Balaban J connectivity index is 3.62. The molecule has 0 aromatic carbocycles. The van der Waals surface area contributed by atoms with Gasteiger partial charge in [-0.3, -0.25) is 9.05 Å². The standard InChI is InChI=1S/C21H46O9P2/c1-20(2,14-7-10-18-29-31(22,23)24)12-5-8-16-28-17-9-6-13-21(3,4)15-11-19-30-32(25,26)27/h5-19H2,1-4H3,(H2,22,23,24)(H2,25,26,27). The summed E-state index contributed by atoms with van der Waals surface area (Å²) in [7, 11) is -8.70. The Morgan fingerprint density at radius 2 is 0.844 bits per heavy atom. The Morgan fingerprint density at radius 3 is 1.22 bits per heavy atom. The Hall–Kier alpha value is 0.180. The third kappa shape index (κ3) is 23.3. The van der Waals surface area contributed by atoms with Gasteiger partial charge in [-0.15, -0.1) is 0 Å². The predicted octanol–water partition coefficient (Wildman–Crippen LogP) is 5.57. The molecule has 0 fully saturated rings. The number of rotatable bonds is 21. The maximum atomic E-state index is 10.7. The first-order valence-electron chi connectivity index (χ1n) is 11.6. The molecule has 0 atom stereocenters. The van der Waals surface area contributed by atoms with Crippen molar-refractivity contribution in [1.29, 1.82) is 0 Å². The van der Waals surface area contributed by atoms with Crippen molar-refractivity contribution >= 4 is 15.6 Å². The first-order chi connectivity index (χ1) is 14.6. The third-order valence-electron chi connectivity index (χ3n) is 5.55. The fraction of sp³-hybridized carbons (Fsp3) is 1.00. The summed E-state index contributed by atoms with van der Waals surface area (Å²) in [5.74, 6) is 0. The van der Waals surface area contributed by atoms with Crippen LogP contribution in [0, 0.1) is 10.8 Å². The highest BCUT2D eigenvalue weighted by atomic mass is 31.2. The summed E-state index contributed by atoms with van der Waals surface area (Å²) in [5, 5.41) is 0. The summed E-state index contributed by atoms with van der Waals surface area (Å²) >= 11 is 0. The molecule has 0 aliphatic heterocycles. The summed E-state index contributed by atoms with van der Waals surface area (Å²) in [6.07, 6.45) is 10.3. The highest BCUT2D eigenvalue weighted by Gasteiger charge is 2.19. The number of unbranched alkanes of at least 4 members (excludes halogenated alkanes) is 3. The first-order valence-corrected chi connectivity index (χ1v) is 14.7. The predicted molar refractivity (Wildman–Crippen MR) is 125 cm³/mol. The molecule has 0 unspecified atom stereocenters. The summed E-state index contributed by atoms with van der Waals surface area (Å²) in [5.41, 5.74) is 0.315. The van der Waals surface area contributed by atoms with Crippen molar-refractivity contribution in [3.8, 4) is 0 Å². The Morgan fingerprint density at radius 1 is 0.531 bits per heavy atom. The Labute approximate surface area is 194 Å². The molecule has 4 N–H and O–H groups in total. The molecule has 11 heteroatoms. The van der Waals surface area contributed by atoms with Gasteiger partial charge in [0.1, 0.15) is 0 Å². The number of phosphoric acid groups is 2. The number of phosphoric ester groups is 2. The maximum absolute atomic E-state index is 10.7. The van der Waals surface area contributed by atoms with Crippen LogP contribution in [0.25, 0.3) is 0 Å². The van der Waals surface area contributed by atoms with Gasteiger partial charge in [-0.1, -0.05) is 47.0 Å². The molecule has 0 rings (SSSR count). The monoisotopic (exact) mass is 504 g/mol. The topological polar surface area (TPSA) is 143 Å². The van der Waals surface area contributed by atoms with Crippen molar-refractivity contribution in [3.63, 3.8) is 0 Å². The molecule has 0 saturated heterocycles. The molecule has 0 aromatic rings. The Bertz CT molecular complexity index is 570. The van der Waals surface area contributed by atoms with E-state index in [2.05, 4.69) is 36.7 Å². The highest BCUT2D eigenvalue weighted by molar-refractivity contribution is 7.46. The van der Waals surface area contributed by atoms with Crippen molar-refractivity contribution in [3.05, 3.63) is 0 Å². The van der Waals surface area contributed by atoms with Crippen LogP contribution in [0.5, 0.6) is 0 Å². The van der Waals surface area contributed by atoms with Crippen LogP contribution in [-0.2, 0) is 22.9 Å². The van der Waals surface area contributed by atoms with E-state index in [1.807, 2.05) is 0 Å². The van der Waals surface area contributed by atoms with Crippen LogP contribution in [0.4, 0.5) is 0 Å². The summed E-state index contributed by atoms with van der Waals surface area (Å²) in [6, 6.07) is 0. The molecule has 0 aromatic heterocycles. The molecule has 0 aliphatic rings. The van der Waals surface area contributed by atoms with Gasteiger partial charge >= 0.3 is 15.6 Å². The van der Waals surface area contributed by atoms with Gasteiger partial charge in [0.15, 0.2) is 0 Å². The van der Waals surface area contributed by atoms with E-state index in [0.717, 1.165) is 71.0 Å². The number of hydrogen-bond donors (Lipinski definition) is 4. The summed E-state index contributed by atoms with van der Waals surface area (Å²) in [4.78, 5) is 34.7. The van der Waals surface area contributed by atoms with E-state index in [-0.39, 0.29) is 24.0 Å². The minimum atomic E-state index is -4.36. The molecule has 0 heterocycles. The van der Waals surface area contributed by atoms with Crippen LogP contribution < -0.4 is 0 Å². The third-order valence-corrected chi connectivity index (χ3v) is 6.59. The van der Waals surface area contributed by atoms with Crippen molar-refractivity contribution in [2.45, 2.75) is 98.3 Å². The molecule has 0 radical (unpaired) electrons. The van der Waals surface area contributed by atoms with Crippen LogP contribution >= 0.6 is 15.6 Å². The zero-order valence-corrected chi connectivity index (χ0v) is 22.1. The lowest BCUT2D eigenvalue weighted by atomic mass is 9.82. The molecule has 0 saturated carbocycles. The van der Waals surface area contributed by atoms with E-state index in [4.69, 9.17) is 24.3 Å². The zero-order chi connectivity index (χ0) is 24.7. The smallest absolute Gasteiger partial charge is 0.381 e. The van der Waals surface area contributed by atoms with Gasteiger partial charge in [-0.05, 0) is 62.2 Å². The lowest BCUT2D eigenvalue weighted by Gasteiger charge is -2.25. The molecule has 0 aliphatic carbocycles. The molecule has 0 amide bonds. The molecular formula is C21H46O9P2. The van der Waals surface area contributed by atoms with Gasteiger partial charge in [-0.25, -0.2) is 9.13 Å². The minimum absolute atomic E-state index is 0.0820. The molecular weight excluding hydrogens is 458 g/mol.